The van der Waals surface area contributed by atoms with Crippen LogP contribution >= 0.6 is 11.3 Å². The molecule has 5 N–H and O–H groups in total. The van der Waals surface area contributed by atoms with Crippen molar-refractivity contribution in [3.05, 3.63) is 51.7 Å². The van der Waals surface area contributed by atoms with Gasteiger partial charge in [0.05, 0.1) is 5.69 Å². The zero-order chi connectivity index (χ0) is 18.4. The summed E-state index contributed by atoms with van der Waals surface area (Å²) in [5.74, 6) is -0.188. The summed E-state index contributed by atoms with van der Waals surface area (Å²) in [6.45, 7) is 1.74. The fraction of sp³-hybridized carbons (Fsp3) is 0.263. The Morgan fingerprint density at radius 1 is 1.23 bits per heavy atom. The van der Waals surface area contributed by atoms with Gasteiger partial charge in [-0.3, -0.25) is 4.79 Å². The van der Waals surface area contributed by atoms with E-state index >= 15 is 0 Å². The highest BCUT2D eigenvalue weighted by molar-refractivity contribution is 7.15. The van der Waals surface area contributed by atoms with Crippen molar-refractivity contribution in [2.24, 2.45) is 5.73 Å². The molecule has 7 heteroatoms. The summed E-state index contributed by atoms with van der Waals surface area (Å²) < 4.78 is 0. The van der Waals surface area contributed by atoms with Crippen molar-refractivity contribution in [1.29, 1.82) is 0 Å². The molecule has 1 fully saturated rings. The molecule has 0 bridgehead atoms. The Balaban J connectivity index is 1.78. The number of piperidine rings is 1. The maximum atomic E-state index is 12.7. The molecule has 2 heterocycles. The summed E-state index contributed by atoms with van der Waals surface area (Å²) in [6.07, 6.45) is 5.87. The number of primary amides is 1. The predicted octanol–water partition coefficient (Wildman–Crippen LogP) is 2.89. The van der Waals surface area contributed by atoms with E-state index in [-0.39, 0.29) is 11.9 Å². The maximum absolute atomic E-state index is 12.7. The Labute approximate surface area is 156 Å². The van der Waals surface area contributed by atoms with E-state index in [1.54, 1.807) is 6.07 Å². The van der Waals surface area contributed by atoms with E-state index in [0.29, 0.717) is 10.6 Å². The lowest BCUT2D eigenvalue weighted by Crippen LogP contribution is -2.45. The number of carbonyl (C=O) groups is 2. The van der Waals surface area contributed by atoms with Crippen LogP contribution in [0.25, 0.3) is 12.2 Å². The minimum atomic E-state index is -0.685. The van der Waals surface area contributed by atoms with Gasteiger partial charge in [0, 0.05) is 17.5 Å². The first-order valence-corrected chi connectivity index (χ1v) is 9.38. The Morgan fingerprint density at radius 3 is 2.73 bits per heavy atom. The third-order valence-corrected chi connectivity index (χ3v) is 5.19. The Kier molecular flexibility index (Phi) is 6.04. The SMILES string of the molecule is NC(=O)Nc1cc(/C=C/c2ccccc2)sc1C(=O)N[C@H]1CCCNC1. The molecule has 0 aliphatic carbocycles. The van der Waals surface area contributed by atoms with E-state index in [9.17, 15) is 9.59 Å². The predicted molar refractivity (Wildman–Crippen MR) is 106 cm³/mol. The Morgan fingerprint density at radius 2 is 2.04 bits per heavy atom. The van der Waals surface area contributed by atoms with Crippen molar-refractivity contribution in [2.45, 2.75) is 18.9 Å². The summed E-state index contributed by atoms with van der Waals surface area (Å²) >= 11 is 1.33. The van der Waals surface area contributed by atoms with Gasteiger partial charge in [-0.2, -0.15) is 0 Å². The van der Waals surface area contributed by atoms with Gasteiger partial charge in [0.25, 0.3) is 5.91 Å². The van der Waals surface area contributed by atoms with E-state index < -0.39 is 6.03 Å². The van der Waals surface area contributed by atoms with Gasteiger partial charge in [-0.1, -0.05) is 36.4 Å². The second-order valence-electron chi connectivity index (χ2n) is 6.14. The number of nitrogens with two attached hydrogens (primary N) is 1. The largest absolute Gasteiger partial charge is 0.351 e. The fourth-order valence-corrected chi connectivity index (χ4v) is 3.78. The molecule has 0 radical (unpaired) electrons. The van der Waals surface area contributed by atoms with Crippen LogP contribution in [0.3, 0.4) is 0 Å². The van der Waals surface area contributed by atoms with Gasteiger partial charge in [-0.05, 0) is 37.1 Å². The average Bonchev–Trinajstić information content (AvgIpc) is 3.04. The number of amides is 3. The molecule has 1 aliphatic rings. The highest BCUT2D eigenvalue weighted by Crippen LogP contribution is 2.29. The third-order valence-electron chi connectivity index (χ3n) is 4.09. The zero-order valence-corrected chi connectivity index (χ0v) is 15.1. The molecule has 136 valence electrons. The molecule has 0 unspecified atom stereocenters. The van der Waals surface area contributed by atoms with Crippen LogP contribution in [-0.4, -0.2) is 31.1 Å². The van der Waals surface area contributed by atoms with Crippen molar-refractivity contribution in [1.82, 2.24) is 10.6 Å². The molecule has 0 saturated carbocycles. The summed E-state index contributed by atoms with van der Waals surface area (Å²) in [4.78, 5) is 25.3. The molecule has 1 atom stereocenters. The first-order valence-electron chi connectivity index (χ1n) is 8.57. The molecule has 26 heavy (non-hydrogen) atoms. The van der Waals surface area contributed by atoms with Crippen LogP contribution in [0, 0.1) is 0 Å². The van der Waals surface area contributed by atoms with E-state index in [4.69, 9.17) is 5.73 Å². The summed E-state index contributed by atoms with van der Waals surface area (Å²) in [5.41, 5.74) is 6.75. The number of hydrogen-bond donors (Lipinski definition) is 4. The lowest BCUT2D eigenvalue weighted by atomic mass is 10.1. The van der Waals surface area contributed by atoms with Gasteiger partial charge in [-0.25, -0.2) is 4.79 Å². The van der Waals surface area contributed by atoms with Crippen LogP contribution in [-0.2, 0) is 0 Å². The molecule has 0 spiro atoms. The first-order chi connectivity index (χ1) is 12.6. The smallest absolute Gasteiger partial charge is 0.316 e. The number of rotatable bonds is 5. The van der Waals surface area contributed by atoms with Crippen LogP contribution in [0.2, 0.25) is 0 Å². The molecular formula is C19H22N4O2S. The summed E-state index contributed by atoms with van der Waals surface area (Å²) in [7, 11) is 0. The quantitative estimate of drug-likeness (QED) is 0.651. The number of anilines is 1. The number of thiophene rings is 1. The normalized spacial score (nSPS) is 17.2. The monoisotopic (exact) mass is 370 g/mol. The van der Waals surface area contributed by atoms with Gasteiger partial charge in [0.2, 0.25) is 0 Å². The van der Waals surface area contributed by atoms with Crippen LogP contribution in [0.5, 0.6) is 0 Å². The van der Waals surface area contributed by atoms with E-state index in [2.05, 4.69) is 16.0 Å². The molecule has 2 aromatic rings. The van der Waals surface area contributed by atoms with Gasteiger partial charge in [0.15, 0.2) is 0 Å². The van der Waals surface area contributed by atoms with E-state index in [0.717, 1.165) is 36.4 Å². The van der Waals surface area contributed by atoms with Gasteiger partial charge >= 0.3 is 6.03 Å². The van der Waals surface area contributed by atoms with Crippen LogP contribution < -0.4 is 21.7 Å². The molecule has 1 aromatic carbocycles. The number of nitrogens with one attached hydrogen (secondary N) is 3. The number of carbonyl (C=O) groups excluding carboxylic acids is 2. The van der Waals surface area contributed by atoms with Crippen molar-refractivity contribution < 1.29 is 9.59 Å². The molecule has 6 nitrogen and oxygen atoms in total. The van der Waals surface area contributed by atoms with Gasteiger partial charge in [-0.15, -0.1) is 11.3 Å². The molecule has 1 aliphatic heterocycles. The maximum Gasteiger partial charge on any atom is 0.316 e. The van der Waals surface area contributed by atoms with Crippen LogP contribution in [0.4, 0.5) is 10.5 Å². The van der Waals surface area contributed by atoms with Crippen molar-refractivity contribution in [3.63, 3.8) is 0 Å². The number of hydrogen-bond acceptors (Lipinski definition) is 4. The van der Waals surface area contributed by atoms with Gasteiger partial charge < -0.3 is 21.7 Å². The molecule has 3 rings (SSSR count). The molecule has 3 amide bonds. The van der Waals surface area contributed by atoms with Crippen molar-refractivity contribution in [3.8, 4) is 0 Å². The Hall–Kier alpha value is -2.64. The van der Waals surface area contributed by atoms with Crippen LogP contribution in [0.1, 0.15) is 33.0 Å². The number of benzene rings is 1. The second kappa shape index (κ2) is 8.64. The third kappa shape index (κ3) is 4.93. The fourth-order valence-electron chi connectivity index (χ4n) is 2.85. The standard InChI is InChI=1S/C19H22N4O2S/c20-19(25)23-16-11-15(9-8-13-5-2-1-3-6-13)26-17(16)18(24)22-14-7-4-10-21-12-14/h1-3,5-6,8-9,11,14,21H,4,7,10,12H2,(H,22,24)(H3,20,23,25)/b9-8+/t14-/m0/s1. The van der Waals surface area contributed by atoms with Crippen LogP contribution in [0.15, 0.2) is 36.4 Å². The first kappa shape index (κ1) is 18.2. The topological polar surface area (TPSA) is 96.2 Å². The van der Waals surface area contributed by atoms with Crippen molar-refractivity contribution in [2.75, 3.05) is 18.4 Å². The van der Waals surface area contributed by atoms with E-state index in [1.165, 1.54) is 11.3 Å². The minimum Gasteiger partial charge on any atom is -0.351 e. The zero-order valence-electron chi connectivity index (χ0n) is 14.3. The summed E-state index contributed by atoms with van der Waals surface area (Å²) in [6, 6.07) is 11.1. The molecule has 1 saturated heterocycles. The van der Waals surface area contributed by atoms with E-state index in [1.807, 2.05) is 42.5 Å². The highest BCUT2D eigenvalue weighted by atomic mass is 32.1. The van der Waals surface area contributed by atoms with Gasteiger partial charge in [0.1, 0.15) is 4.88 Å². The molecular weight excluding hydrogens is 348 g/mol. The summed E-state index contributed by atoms with van der Waals surface area (Å²) in [5, 5.41) is 8.85. The highest BCUT2D eigenvalue weighted by Gasteiger charge is 2.21. The van der Waals surface area contributed by atoms with Crippen molar-refractivity contribution >= 4 is 41.1 Å². The lowest BCUT2D eigenvalue weighted by molar-refractivity contribution is 0.0935. The number of urea groups is 1. The molecule has 1 aromatic heterocycles. The minimum absolute atomic E-state index is 0.100. The average molecular weight is 370 g/mol. The lowest BCUT2D eigenvalue weighted by Gasteiger charge is -2.23. The second-order valence-corrected chi connectivity index (χ2v) is 7.23. The Bertz CT molecular complexity index is 795.